The van der Waals surface area contributed by atoms with Crippen LogP contribution in [0.4, 0.5) is 0 Å². The molecule has 5 N–H and O–H groups in total. The molecule has 0 heterocycles. The van der Waals surface area contributed by atoms with Gasteiger partial charge in [-0.25, -0.2) is 0 Å². The summed E-state index contributed by atoms with van der Waals surface area (Å²) in [5, 5.41) is 36.9. The zero-order chi connectivity index (χ0) is 41.7. The Kier molecular flexibility index (Phi) is 33.5. The van der Waals surface area contributed by atoms with Crippen molar-refractivity contribution in [2.24, 2.45) is 0 Å². The molecule has 308 valence electrons. The molecule has 0 aromatic heterocycles. The van der Waals surface area contributed by atoms with Crippen molar-refractivity contribution in [3.8, 4) is 0 Å². The minimum absolute atomic E-state index is 0. The molecular formula is C27H86O13Si9. The average Bonchev–Trinajstić information content (AvgIpc) is 2.74. The van der Waals surface area contributed by atoms with Gasteiger partial charge in [0.1, 0.15) is 0 Å². The molecule has 0 saturated heterocycles. The van der Waals surface area contributed by atoms with Gasteiger partial charge in [-0.2, -0.15) is 0 Å². The van der Waals surface area contributed by atoms with Crippen molar-refractivity contribution in [2.45, 2.75) is 150 Å². The Morgan fingerprint density at radius 3 is 0.633 bits per heavy atom. The first kappa shape index (κ1) is 62.4. The topological polar surface area (TPSA) is 175 Å². The second-order valence-electron chi connectivity index (χ2n) is 17.0. The number of hydrogen-bond donors (Lipinski definition) is 5. The van der Waals surface area contributed by atoms with Crippen molar-refractivity contribution in [1.82, 2.24) is 0 Å². The highest BCUT2D eigenvalue weighted by Gasteiger charge is 2.43. The van der Waals surface area contributed by atoms with Crippen molar-refractivity contribution in [3.63, 3.8) is 0 Å². The lowest BCUT2D eigenvalue weighted by atomic mass is 10.7. The van der Waals surface area contributed by atoms with Crippen molar-refractivity contribution < 1.29 is 60.5 Å². The second kappa shape index (κ2) is 26.3. The molecule has 0 bridgehead atoms. The van der Waals surface area contributed by atoms with E-state index in [1.807, 2.05) is 13.1 Å². The largest absolute Gasteiger partial charge is 0.476 e. The van der Waals surface area contributed by atoms with Crippen LogP contribution in [0.2, 0.25) is 137 Å². The van der Waals surface area contributed by atoms with Crippen LogP contribution >= 0.6 is 0 Å². The lowest BCUT2D eigenvalue weighted by Crippen LogP contribution is -2.54. The summed E-state index contributed by atoms with van der Waals surface area (Å²) >= 11 is 0. The van der Waals surface area contributed by atoms with Crippen LogP contribution in [0.25, 0.3) is 0 Å². The standard InChI is InChI=1S/2C8H24O3Si3.C7H22O2Si3.C2H6O3.2CH4O.H2/c2*1-9-14(8,10-12(2,3)4)11-13(5,6)7;1-10(8-11(2,3)4)9-12(5,6)7;1-2(3,4)5;2*1-2;/h2*1-8H3;10H,1-7H3;3-5H,1H3;2*2H,1H3;1H. The molecule has 0 radical (unpaired) electrons. The summed E-state index contributed by atoms with van der Waals surface area (Å²) in [7, 11) is -9.74. The highest BCUT2D eigenvalue weighted by molar-refractivity contribution is 6.86. The molecule has 0 rings (SSSR count). The minimum Gasteiger partial charge on any atom is -0.439 e. The maximum atomic E-state index is 7.63. The predicted octanol–water partition coefficient (Wildman–Crippen LogP) is 6.45. The van der Waals surface area contributed by atoms with Crippen LogP contribution in [-0.2, 0) is 33.5 Å². The summed E-state index contributed by atoms with van der Waals surface area (Å²) in [4.78, 5) is 0. The molecule has 0 aromatic carbocycles. The van der Waals surface area contributed by atoms with Gasteiger partial charge < -0.3 is 59.1 Å². The van der Waals surface area contributed by atoms with Gasteiger partial charge in [-0.1, -0.05) is 0 Å². The third-order valence-electron chi connectivity index (χ3n) is 3.75. The van der Waals surface area contributed by atoms with E-state index in [0.29, 0.717) is 0 Å². The van der Waals surface area contributed by atoms with E-state index in [-0.39, 0.29) is 1.43 Å². The van der Waals surface area contributed by atoms with E-state index >= 15 is 0 Å². The Morgan fingerprint density at radius 1 is 0.408 bits per heavy atom. The zero-order valence-electron chi connectivity index (χ0n) is 36.6. The summed E-state index contributed by atoms with van der Waals surface area (Å²) in [5.74, 6) is -2.50. The van der Waals surface area contributed by atoms with Crippen LogP contribution in [0.15, 0.2) is 0 Å². The smallest absolute Gasteiger partial charge is 0.439 e. The molecule has 0 aromatic rings. The molecule has 22 heteroatoms. The van der Waals surface area contributed by atoms with E-state index in [1.54, 1.807) is 14.2 Å². The first-order valence-corrected chi connectivity index (χ1v) is 43.4. The molecule has 0 atom stereocenters. The Bertz CT molecular complexity index is 694. The minimum atomic E-state index is -2.50. The molecule has 13 nitrogen and oxygen atoms in total. The third-order valence-corrected chi connectivity index (χ3v) is 29.3. The first-order valence-electron chi connectivity index (χ1n) is 16.4. The third kappa shape index (κ3) is 64.8. The van der Waals surface area contributed by atoms with E-state index in [0.717, 1.165) is 21.1 Å². The number of aliphatic hydroxyl groups is 5. The van der Waals surface area contributed by atoms with E-state index in [4.69, 9.17) is 59.1 Å². The highest BCUT2D eigenvalue weighted by atomic mass is 28.5. The van der Waals surface area contributed by atoms with Gasteiger partial charge in [0.25, 0.3) is 15.3 Å². The van der Waals surface area contributed by atoms with Gasteiger partial charge in [-0.05, 0) is 124 Å². The summed E-state index contributed by atoms with van der Waals surface area (Å²) in [6, 6.07) is 0. The molecule has 0 aliphatic carbocycles. The summed E-state index contributed by atoms with van der Waals surface area (Å²) in [6.45, 7) is 46.1. The van der Waals surface area contributed by atoms with Gasteiger partial charge in [0.05, 0.1) is 0 Å². The zero-order valence-corrected chi connectivity index (χ0v) is 45.7. The molecule has 0 fully saturated rings. The predicted molar refractivity (Wildman–Crippen MR) is 230 cm³/mol. The lowest BCUT2D eigenvalue weighted by Gasteiger charge is -2.36. The van der Waals surface area contributed by atoms with Gasteiger partial charge in [0.15, 0.2) is 49.9 Å². The second-order valence-corrected chi connectivity index (χ2v) is 52.9. The molecule has 0 aliphatic rings. The van der Waals surface area contributed by atoms with Gasteiger partial charge >= 0.3 is 17.6 Å². The Balaban J connectivity index is -0.0000000982. The quantitative estimate of drug-likeness (QED) is 0.0953. The number of aliphatic hydroxyl groups excluding tert-OH is 2. The van der Waals surface area contributed by atoms with Crippen molar-refractivity contribution in [2.75, 3.05) is 28.4 Å². The maximum Gasteiger partial charge on any atom is 0.476 e. The Morgan fingerprint density at radius 2 is 0.551 bits per heavy atom. The molecule has 49 heavy (non-hydrogen) atoms. The van der Waals surface area contributed by atoms with Crippen LogP contribution in [0, 0.1) is 0 Å². The van der Waals surface area contributed by atoms with Crippen molar-refractivity contribution in [3.05, 3.63) is 0 Å². The van der Waals surface area contributed by atoms with Crippen LogP contribution < -0.4 is 0 Å². The lowest BCUT2D eigenvalue weighted by molar-refractivity contribution is -0.297. The normalized spacial score (nSPS) is 13.2. The highest BCUT2D eigenvalue weighted by Crippen LogP contribution is 2.22. The fourth-order valence-electron chi connectivity index (χ4n) is 3.45. The van der Waals surface area contributed by atoms with Crippen LogP contribution in [0.3, 0.4) is 0 Å². The Labute approximate surface area is 314 Å². The van der Waals surface area contributed by atoms with Crippen molar-refractivity contribution in [1.29, 1.82) is 0 Å². The number of hydrogen-bond acceptors (Lipinski definition) is 13. The van der Waals surface area contributed by atoms with Gasteiger partial charge in [0, 0.05) is 49.9 Å². The maximum absolute atomic E-state index is 7.63. The molecule has 0 amide bonds. The van der Waals surface area contributed by atoms with E-state index in [9.17, 15) is 0 Å². The van der Waals surface area contributed by atoms with Gasteiger partial charge in [-0.15, -0.1) is 0 Å². The fraction of sp³-hybridized carbons (Fsp3) is 1.00. The Hall–Kier alpha value is 1.43. The SMILES string of the molecule is CC(O)(O)O.CO.CO.CO[Si](C)(O[Si](C)(C)C)O[Si](C)(C)C.CO[Si](C)(O[Si](C)(C)C)O[Si](C)(C)C.C[SiH](O[Si](C)(C)C)O[Si](C)(C)C.[HH]. The van der Waals surface area contributed by atoms with E-state index in [1.165, 1.54) is 0 Å². The van der Waals surface area contributed by atoms with Crippen LogP contribution in [-0.4, -0.2) is 137 Å². The summed E-state index contributed by atoms with van der Waals surface area (Å²) in [5.41, 5.74) is 0. The molecule has 0 saturated carbocycles. The van der Waals surface area contributed by atoms with Crippen LogP contribution in [0.1, 0.15) is 8.35 Å². The van der Waals surface area contributed by atoms with Crippen LogP contribution in [0.5, 0.6) is 0 Å². The number of rotatable bonds is 14. The molecule has 0 spiro atoms. The van der Waals surface area contributed by atoms with E-state index in [2.05, 4.69) is 124 Å². The first-order chi connectivity index (χ1) is 21.1. The summed E-state index contributed by atoms with van der Waals surface area (Å²) in [6.07, 6.45) is 0. The molecule has 0 aliphatic heterocycles. The van der Waals surface area contributed by atoms with Gasteiger partial charge in [0.2, 0.25) is 0 Å². The molecular weight excluding hydrogens is 785 g/mol. The average molecular weight is 872 g/mol. The fourth-order valence-corrected chi connectivity index (χ4v) is 32.3. The van der Waals surface area contributed by atoms with Crippen molar-refractivity contribution >= 4 is 76.8 Å². The van der Waals surface area contributed by atoms with Gasteiger partial charge in [-0.3, -0.25) is 0 Å². The molecule has 0 unspecified atom stereocenters. The van der Waals surface area contributed by atoms with E-state index < -0.39 is 82.8 Å². The monoisotopic (exact) mass is 870 g/mol. The summed E-state index contributed by atoms with van der Waals surface area (Å²) < 4.78 is 46.8.